The highest BCUT2D eigenvalue weighted by Gasteiger charge is 2.50. The van der Waals surface area contributed by atoms with Gasteiger partial charge in [-0.3, -0.25) is 0 Å². The molecule has 4 saturated carbocycles. The second-order valence-corrected chi connectivity index (χ2v) is 8.23. The molecule has 0 amide bonds. The van der Waals surface area contributed by atoms with Crippen molar-refractivity contribution >= 4 is 34.5 Å². The highest BCUT2D eigenvalue weighted by molar-refractivity contribution is 7.80. The van der Waals surface area contributed by atoms with Crippen LogP contribution in [0.2, 0.25) is 5.02 Å². The molecule has 0 spiro atoms. The lowest BCUT2D eigenvalue weighted by atomic mass is 9.53. The Morgan fingerprint density at radius 2 is 1.71 bits per heavy atom. The van der Waals surface area contributed by atoms with Crippen LogP contribution in [0.15, 0.2) is 18.2 Å². The van der Waals surface area contributed by atoms with E-state index < -0.39 is 0 Å². The number of benzene rings is 1. The Hall–Kier alpha value is -0.800. The quantitative estimate of drug-likeness (QED) is 0.813. The summed E-state index contributed by atoms with van der Waals surface area (Å²) in [6, 6.07) is 5.89. The molecule has 5 rings (SSSR count). The maximum Gasteiger partial charge on any atom is 0.104 e. The molecule has 4 bridgehead atoms. The molecule has 4 heteroatoms. The zero-order valence-corrected chi connectivity index (χ0v) is 13.6. The van der Waals surface area contributed by atoms with Gasteiger partial charge in [-0.15, -0.1) is 0 Å². The Labute approximate surface area is 136 Å². The van der Waals surface area contributed by atoms with Gasteiger partial charge in [0.15, 0.2) is 0 Å². The number of hydrogen-bond acceptors (Lipinski definition) is 2. The zero-order valence-electron chi connectivity index (χ0n) is 12.1. The number of anilines is 1. The lowest BCUT2D eigenvalue weighted by Gasteiger charge is -2.57. The van der Waals surface area contributed by atoms with Crippen LogP contribution in [0.1, 0.15) is 44.1 Å². The van der Waals surface area contributed by atoms with Crippen LogP contribution >= 0.6 is 23.8 Å². The maximum absolute atomic E-state index is 6.44. The van der Waals surface area contributed by atoms with Crippen molar-refractivity contribution in [3.05, 3.63) is 28.8 Å². The first-order valence-electron chi connectivity index (χ1n) is 7.90. The monoisotopic (exact) mass is 320 g/mol. The summed E-state index contributed by atoms with van der Waals surface area (Å²) < 4.78 is 0. The van der Waals surface area contributed by atoms with E-state index in [0.717, 1.165) is 34.0 Å². The van der Waals surface area contributed by atoms with Crippen molar-refractivity contribution in [2.24, 2.45) is 23.5 Å². The van der Waals surface area contributed by atoms with Crippen molar-refractivity contribution < 1.29 is 0 Å². The molecule has 0 radical (unpaired) electrons. The average molecular weight is 321 g/mol. The number of hydrogen-bond donors (Lipinski definition) is 2. The van der Waals surface area contributed by atoms with Crippen LogP contribution in [0, 0.1) is 17.8 Å². The Balaban J connectivity index is 1.60. The number of nitrogens with two attached hydrogens (primary N) is 1. The van der Waals surface area contributed by atoms with E-state index in [1.165, 1.54) is 38.5 Å². The van der Waals surface area contributed by atoms with Gasteiger partial charge in [0.1, 0.15) is 4.99 Å². The normalized spacial score (nSPS) is 36.7. The fraction of sp³-hybridized carbons (Fsp3) is 0.588. The first-order valence-corrected chi connectivity index (χ1v) is 8.69. The Bertz CT molecular complexity index is 563. The lowest BCUT2D eigenvalue weighted by molar-refractivity contribution is 0.0107. The molecule has 0 unspecified atom stereocenters. The highest BCUT2D eigenvalue weighted by Crippen LogP contribution is 2.56. The zero-order chi connectivity index (χ0) is 14.6. The van der Waals surface area contributed by atoms with Crippen LogP contribution in [-0.2, 0) is 0 Å². The van der Waals surface area contributed by atoms with Gasteiger partial charge in [0.05, 0.1) is 10.7 Å². The summed E-state index contributed by atoms with van der Waals surface area (Å²) in [5.74, 6) is 2.79. The molecule has 1 aromatic rings. The van der Waals surface area contributed by atoms with Crippen LogP contribution < -0.4 is 11.1 Å². The number of nitrogens with one attached hydrogen (secondary N) is 1. The molecule has 0 aromatic heterocycles. The summed E-state index contributed by atoms with van der Waals surface area (Å²) >= 11 is 11.5. The molecular formula is C17H21ClN2S. The molecule has 4 aliphatic carbocycles. The fourth-order valence-corrected chi connectivity index (χ4v) is 5.67. The third-order valence-corrected chi connectivity index (χ3v) is 6.24. The van der Waals surface area contributed by atoms with Gasteiger partial charge in [0, 0.05) is 11.1 Å². The van der Waals surface area contributed by atoms with E-state index in [-0.39, 0.29) is 5.54 Å². The maximum atomic E-state index is 6.44. The second kappa shape index (κ2) is 4.85. The van der Waals surface area contributed by atoms with Gasteiger partial charge >= 0.3 is 0 Å². The van der Waals surface area contributed by atoms with E-state index in [2.05, 4.69) is 5.32 Å². The van der Waals surface area contributed by atoms with E-state index in [4.69, 9.17) is 29.6 Å². The molecule has 21 heavy (non-hydrogen) atoms. The van der Waals surface area contributed by atoms with Crippen molar-refractivity contribution in [2.45, 2.75) is 44.1 Å². The van der Waals surface area contributed by atoms with Gasteiger partial charge in [-0.05, 0) is 74.5 Å². The molecule has 4 aliphatic rings. The molecule has 0 aliphatic heterocycles. The first-order chi connectivity index (χ1) is 10.0. The minimum Gasteiger partial charge on any atom is -0.389 e. The Kier molecular flexibility index (Phi) is 3.20. The van der Waals surface area contributed by atoms with Crippen LogP contribution in [0.5, 0.6) is 0 Å². The summed E-state index contributed by atoms with van der Waals surface area (Å²) in [6.45, 7) is 0. The number of thiocarbonyl (C=S) groups is 1. The molecule has 2 nitrogen and oxygen atoms in total. The van der Waals surface area contributed by atoms with Gasteiger partial charge in [-0.1, -0.05) is 23.8 Å². The fourth-order valence-electron chi connectivity index (χ4n) is 5.32. The molecule has 0 heterocycles. The third-order valence-electron chi connectivity index (χ3n) is 5.69. The van der Waals surface area contributed by atoms with Crippen LogP contribution in [0.25, 0.3) is 0 Å². The van der Waals surface area contributed by atoms with Crippen LogP contribution in [0.4, 0.5) is 5.69 Å². The second-order valence-electron chi connectivity index (χ2n) is 7.38. The Morgan fingerprint density at radius 1 is 1.14 bits per heavy atom. The minimum atomic E-state index is 0.281. The summed E-state index contributed by atoms with van der Waals surface area (Å²) in [4.78, 5) is 0.401. The smallest absolute Gasteiger partial charge is 0.104 e. The van der Waals surface area contributed by atoms with E-state index >= 15 is 0 Å². The molecule has 1 aromatic carbocycles. The van der Waals surface area contributed by atoms with Crippen molar-refractivity contribution in [2.75, 3.05) is 5.32 Å². The topological polar surface area (TPSA) is 38.0 Å². The largest absolute Gasteiger partial charge is 0.389 e. The van der Waals surface area contributed by atoms with Crippen molar-refractivity contribution in [3.63, 3.8) is 0 Å². The predicted octanol–water partition coefficient (Wildman–Crippen LogP) is 4.35. The van der Waals surface area contributed by atoms with Crippen molar-refractivity contribution in [3.8, 4) is 0 Å². The average Bonchev–Trinajstić information content (AvgIpc) is 2.39. The number of rotatable bonds is 3. The summed E-state index contributed by atoms with van der Waals surface area (Å²) in [7, 11) is 0. The third kappa shape index (κ3) is 2.44. The first kappa shape index (κ1) is 13.8. The summed E-state index contributed by atoms with van der Waals surface area (Å²) in [5.41, 5.74) is 7.83. The van der Waals surface area contributed by atoms with E-state index in [9.17, 15) is 0 Å². The molecule has 0 saturated heterocycles. The van der Waals surface area contributed by atoms with E-state index in [1.54, 1.807) is 0 Å². The standard InChI is InChI=1S/C17H21ClN2S/c18-14-6-13(16(19)21)1-2-15(14)20-17-7-10-3-11(8-17)5-12(4-10)9-17/h1-2,6,10-12,20H,3-5,7-9H2,(H2,19,21). The number of halogens is 1. The van der Waals surface area contributed by atoms with Gasteiger partial charge < -0.3 is 11.1 Å². The van der Waals surface area contributed by atoms with Crippen LogP contribution in [-0.4, -0.2) is 10.5 Å². The SMILES string of the molecule is NC(=S)c1ccc(NC23CC4CC(CC(C4)C2)C3)c(Cl)c1. The highest BCUT2D eigenvalue weighted by atomic mass is 35.5. The van der Waals surface area contributed by atoms with Gasteiger partial charge in [0.2, 0.25) is 0 Å². The Morgan fingerprint density at radius 3 is 2.19 bits per heavy atom. The van der Waals surface area contributed by atoms with Gasteiger partial charge in [-0.2, -0.15) is 0 Å². The van der Waals surface area contributed by atoms with E-state index in [0.29, 0.717) is 4.99 Å². The molecule has 0 atom stereocenters. The lowest BCUT2D eigenvalue weighted by Crippen LogP contribution is -2.54. The summed E-state index contributed by atoms with van der Waals surface area (Å²) in [5, 5.41) is 4.54. The predicted molar refractivity (Wildman–Crippen MR) is 91.9 cm³/mol. The minimum absolute atomic E-state index is 0.281. The van der Waals surface area contributed by atoms with Crippen molar-refractivity contribution in [1.82, 2.24) is 0 Å². The van der Waals surface area contributed by atoms with Gasteiger partial charge in [0.25, 0.3) is 0 Å². The van der Waals surface area contributed by atoms with Gasteiger partial charge in [-0.25, -0.2) is 0 Å². The molecule has 112 valence electrons. The molecular weight excluding hydrogens is 300 g/mol. The molecule has 3 N–H and O–H groups in total. The van der Waals surface area contributed by atoms with E-state index in [1.807, 2.05) is 18.2 Å². The molecule has 4 fully saturated rings. The van der Waals surface area contributed by atoms with Crippen LogP contribution in [0.3, 0.4) is 0 Å². The summed E-state index contributed by atoms with van der Waals surface area (Å²) in [6.07, 6.45) is 8.30. The van der Waals surface area contributed by atoms with Crippen molar-refractivity contribution in [1.29, 1.82) is 0 Å².